The highest BCUT2D eigenvalue weighted by atomic mass is 15.3. The molecule has 0 aromatic carbocycles. The molecule has 0 atom stereocenters. The van der Waals surface area contributed by atoms with E-state index in [4.69, 9.17) is 5.73 Å². The minimum Gasteiger partial charge on any atom is -0.383 e. The minimum absolute atomic E-state index is 0.634. The highest BCUT2D eigenvalue weighted by Gasteiger charge is 2.20. The fourth-order valence-electron chi connectivity index (χ4n) is 2.36. The molecule has 2 N–H and O–H groups in total. The van der Waals surface area contributed by atoms with E-state index in [-0.39, 0.29) is 0 Å². The van der Waals surface area contributed by atoms with Crippen LogP contribution in [-0.4, -0.2) is 24.5 Å². The van der Waals surface area contributed by atoms with Crippen molar-refractivity contribution < 1.29 is 0 Å². The first-order chi connectivity index (χ1) is 9.58. The van der Waals surface area contributed by atoms with Crippen molar-refractivity contribution in [1.82, 2.24) is 24.5 Å². The number of hydrogen-bond donors (Lipinski definition) is 1. The van der Waals surface area contributed by atoms with E-state index in [1.165, 1.54) is 0 Å². The molecule has 3 aromatic rings. The molecule has 0 bridgehead atoms. The highest BCUT2D eigenvalue weighted by Crippen LogP contribution is 2.36. The van der Waals surface area contributed by atoms with Crippen LogP contribution in [0.2, 0.25) is 0 Å². The summed E-state index contributed by atoms with van der Waals surface area (Å²) in [5.41, 5.74) is 10.9. The van der Waals surface area contributed by atoms with Gasteiger partial charge in [0.1, 0.15) is 11.5 Å². The Kier molecular flexibility index (Phi) is 2.78. The number of hydrogen-bond acceptors (Lipinski definition) is 4. The molecule has 6 nitrogen and oxygen atoms in total. The lowest BCUT2D eigenvalue weighted by molar-refractivity contribution is 0.756. The largest absolute Gasteiger partial charge is 0.383 e. The molecule has 0 amide bonds. The van der Waals surface area contributed by atoms with Gasteiger partial charge in [0.05, 0.1) is 11.3 Å². The number of nitrogen functional groups attached to an aromatic ring is 1. The Morgan fingerprint density at radius 2 is 1.80 bits per heavy atom. The molecule has 0 spiro atoms. The first-order valence-electron chi connectivity index (χ1n) is 6.31. The van der Waals surface area contributed by atoms with Crippen molar-refractivity contribution in [1.29, 1.82) is 0 Å². The van der Waals surface area contributed by atoms with Crippen molar-refractivity contribution in [2.24, 2.45) is 14.1 Å². The molecule has 3 rings (SSSR count). The lowest BCUT2D eigenvalue weighted by Crippen LogP contribution is -1.97. The van der Waals surface area contributed by atoms with Crippen molar-refractivity contribution in [3.63, 3.8) is 0 Å². The van der Waals surface area contributed by atoms with E-state index in [2.05, 4.69) is 15.2 Å². The summed E-state index contributed by atoms with van der Waals surface area (Å²) in [5, 5.41) is 8.92. The quantitative estimate of drug-likeness (QED) is 0.768. The van der Waals surface area contributed by atoms with Crippen LogP contribution in [-0.2, 0) is 14.1 Å². The lowest BCUT2D eigenvalue weighted by Gasteiger charge is -2.03. The zero-order valence-corrected chi connectivity index (χ0v) is 11.7. The molecule has 3 aromatic heterocycles. The van der Waals surface area contributed by atoms with Gasteiger partial charge in [-0.1, -0.05) is 0 Å². The maximum Gasteiger partial charge on any atom is 0.129 e. The fraction of sp³-hybridized carbons (Fsp3) is 0.214. The van der Waals surface area contributed by atoms with E-state index in [0.717, 1.165) is 28.1 Å². The van der Waals surface area contributed by atoms with Gasteiger partial charge in [-0.2, -0.15) is 10.2 Å². The number of nitrogens with two attached hydrogens (primary N) is 1. The molecule has 0 aliphatic carbocycles. The summed E-state index contributed by atoms with van der Waals surface area (Å²) in [4.78, 5) is 4.05. The second-order valence-electron chi connectivity index (χ2n) is 4.77. The van der Waals surface area contributed by atoms with E-state index in [1.807, 2.05) is 39.3 Å². The van der Waals surface area contributed by atoms with Crippen LogP contribution in [0.1, 0.15) is 5.69 Å². The van der Waals surface area contributed by atoms with E-state index in [0.29, 0.717) is 5.82 Å². The third-order valence-electron chi connectivity index (χ3n) is 3.33. The number of rotatable bonds is 2. The van der Waals surface area contributed by atoms with Crippen LogP contribution in [0.3, 0.4) is 0 Å². The molecule has 0 fully saturated rings. The molecule has 102 valence electrons. The Morgan fingerprint density at radius 3 is 2.40 bits per heavy atom. The molecule has 0 aliphatic heterocycles. The van der Waals surface area contributed by atoms with Crippen LogP contribution in [0.15, 0.2) is 30.7 Å². The topological polar surface area (TPSA) is 74.5 Å². The van der Waals surface area contributed by atoms with Crippen molar-refractivity contribution in [3.8, 4) is 22.4 Å². The average molecular weight is 268 g/mol. The summed E-state index contributed by atoms with van der Waals surface area (Å²) >= 11 is 0. The molecule has 0 unspecified atom stereocenters. The molecular weight excluding hydrogens is 252 g/mol. The van der Waals surface area contributed by atoms with Crippen molar-refractivity contribution in [2.75, 3.05) is 5.73 Å². The van der Waals surface area contributed by atoms with Gasteiger partial charge in [-0.25, -0.2) is 0 Å². The van der Waals surface area contributed by atoms with Crippen LogP contribution in [0.5, 0.6) is 0 Å². The molecule has 0 saturated heterocycles. The maximum absolute atomic E-state index is 6.18. The Morgan fingerprint density at radius 1 is 1.10 bits per heavy atom. The van der Waals surface area contributed by atoms with Gasteiger partial charge in [0.25, 0.3) is 0 Å². The Balaban J connectivity index is 2.28. The molecular formula is C14H16N6. The van der Waals surface area contributed by atoms with Crippen LogP contribution < -0.4 is 5.73 Å². The number of aromatic nitrogens is 5. The summed E-state index contributed by atoms with van der Waals surface area (Å²) in [6, 6.07) is 3.87. The Labute approximate surface area is 116 Å². The fourth-order valence-corrected chi connectivity index (χ4v) is 2.36. The standard InChI is InChI=1S/C14H16N6/c1-9-11(8-19(2)17-9)13-12(14(15)20(3)18-13)10-4-6-16-7-5-10/h4-8H,15H2,1-3H3. The predicted molar refractivity (Wildman–Crippen MR) is 77.8 cm³/mol. The van der Waals surface area contributed by atoms with Gasteiger partial charge in [-0.3, -0.25) is 14.3 Å². The van der Waals surface area contributed by atoms with Crippen molar-refractivity contribution in [2.45, 2.75) is 6.92 Å². The zero-order valence-electron chi connectivity index (χ0n) is 11.7. The highest BCUT2D eigenvalue weighted by molar-refractivity contribution is 5.88. The Hall–Kier alpha value is -2.63. The third kappa shape index (κ3) is 1.85. The number of pyridine rings is 1. The first kappa shape index (κ1) is 12.4. The monoisotopic (exact) mass is 268 g/mol. The second-order valence-corrected chi connectivity index (χ2v) is 4.77. The van der Waals surface area contributed by atoms with E-state index in [9.17, 15) is 0 Å². The lowest BCUT2D eigenvalue weighted by atomic mass is 10.0. The van der Waals surface area contributed by atoms with Crippen LogP contribution in [0.25, 0.3) is 22.4 Å². The van der Waals surface area contributed by atoms with Gasteiger partial charge < -0.3 is 5.73 Å². The third-order valence-corrected chi connectivity index (χ3v) is 3.33. The second kappa shape index (κ2) is 4.48. The maximum atomic E-state index is 6.18. The van der Waals surface area contributed by atoms with Gasteiger partial charge in [0.2, 0.25) is 0 Å². The van der Waals surface area contributed by atoms with Gasteiger partial charge in [0, 0.05) is 38.2 Å². The van der Waals surface area contributed by atoms with Crippen molar-refractivity contribution >= 4 is 5.82 Å². The molecule has 3 heterocycles. The smallest absolute Gasteiger partial charge is 0.129 e. The van der Waals surface area contributed by atoms with Crippen LogP contribution >= 0.6 is 0 Å². The van der Waals surface area contributed by atoms with Gasteiger partial charge in [-0.05, 0) is 24.6 Å². The molecule has 0 radical (unpaired) electrons. The van der Waals surface area contributed by atoms with E-state index < -0.39 is 0 Å². The number of nitrogens with zero attached hydrogens (tertiary/aromatic N) is 5. The molecule has 0 aliphatic rings. The van der Waals surface area contributed by atoms with E-state index in [1.54, 1.807) is 21.8 Å². The normalized spacial score (nSPS) is 10.9. The predicted octanol–water partition coefficient (Wildman–Crippen LogP) is 1.77. The summed E-state index contributed by atoms with van der Waals surface area (Å²) < 4.78 is 3.48. The average Bonchev–Trinajstić information content (AvgIpc) is 2.91. The summed E-state index contributed by atoms with van der Waals surface area (Å²) in [6.45, 7) is 1.97. The first-order valence-corrected chi connectivity index (χ1v) is 6.31. The number of aryl methyl sites for hydroxylation is 3. The van der Waals surface area contributed by atoms with Gasteiger partial charge in [-0.15, -0.1) is 0 Å². The van der Waals surface area contributed by atoms with E-state index >= 15 is 0 Å². The SMILES string of the molecule is Cc1nn(C)cc1-c1nn(C)c(N)c1-c1ccncc1. The summed E-state index contributed by atoms with van der Waals surface area (Å²) in [6.07, 6.45) is 5.46. The van der Waals surface area contributed by atoms with Gasteiger partial charge >= 0.3 is 0 Å². The summed E-state index contributed by atoms with van der Waals surface area (Å²) in [7, 11) is 3.74. The molecule has 6 heteroatoms. The zero-order chi connectivity index (χ0) is 14.3. The van der Waals surface area contributed by atoms with Crippen molar-refractivity contribution in [3.05, 3.63) is 36.4 Å². The molecule has 0 saturated carbocycles. The van der Waals surface area contributed by atoms with Gasteiger partial charge in [0.15, 0.2) is 0 Å². The van der Waals surface area contributed by atoms with Crippen LogP contribution in [0, 0.1) is 6.92 Å². The van der Waals surface area contributed by atoms with Crippen LogP contribution in [0.4, 0.5) is 5.82 Å². The Bertz CT molecular complexity index is 754. The molecule has 20 heavy (non-hydrogen) atoms. The minimum atomic E-state index is 0.634. The number of anilines is 1. The summed E-state index contributed by atoms with van der Waals surface area (Å²) in [5.74, 6) is 0.634.